The summed E-state index contributed by atoms with van der Waals surface area (Å²) in [6, 6.07) is 4.47. The van der Waals surface area contributed by atoms with Gasteiger partial charge in [0.05, 0.1) is 6.20 Å². The molecule has 6 heteroatoms. The quantitative estimate of drug-likeness (QED) is 0.941. The van der Waals surface area contributed by atoms with Crippen LogP contribution in [0.25, 0.3) is 0 Å². The third kappa shape index (κ3) is 3.22. The molecule has 2 aromatic rings. The molecule has 22 heavy (non-hydrogen) atoms. The predicted octanol–water partition coefficient (Wildman–Crippen LogP) is 3.23. The molecule has 1 saturated heterocycles. The van der Waals surface area contributed by atoms with Crippen LogP contribution >= 0.6 is 0 Å². The van der Waals surface area contributed by atoms with Gasteiger partial charge >= 0.3 is 0 Å². The molecule has 2 atom stereocenters. The van der Waals surface area contributed by atoms with Crippen molar-refractivity contribution in [2.45, 2.75) is 12.5 Å². The molecule has 0 saturated carbocycles. The van der Waals surface area contributed by atoms with Gasteiger partial charge in [0.15, 0.2) is 11.6 Å². The molecule has 0 unspecified atom stereocenters. The number of hydrogen-bond acceptors (Lipinski definition) is 3. The van der Waals surface area contributed by atoms with E-state index in [4.69, 9.17) is 4.74 Å². The summed E-state index contributed by atoms with van der Waals surface area (Å²) < 4.78 is 46.0. The topological polar surface area (TPSA) is 34.1 Å². The Hall–Kier alpha value is -2.08. The zero-order valence-electron chi connectivity index (χ0n) is 11.7. The van der Waals surface area contributed by atoms with Crippen LogP contribution in [-0.2, 0) is 0 Å². The van der Waals surface area contributed by atoms with E-state index in [0.29, 0.717) is 12.1 Å². The highest BCUT2D eigenvalue weighted by atomic mass is 19.1. The third-order valence-electron chi connectivity index (χ3n) is 3.73. The van der Waals surface area contributed by atoms with E-state index in [1.165, 1.54) is 18.3 Å². The number of nitrogens with one attached hydrogen (secondary N) is 1. The monoisotopic (exact) mass is 308 g/mol. The summed E-state index contributed by atoms with van der Waals surface area (Å²) in [7, 11) is 0. The summed E-state index contributed by atoms with van der Waals surface area (Å²) in [6.45, 7) is 1.50. The summed E-state index contributed by atoms with van der Waals surface area (Å²) in [6.07, 6.45) is 2.89. The van der Waals surface area contributed by atoms with Gasteiger partial charge in [0.2, 0.25) is 0 Å². The van der Waals surface area contributed by atoms with Gasteiger partial charge in [-0.15, -0.1) is 0 Å². The summed E-state index contributed by atoms with van der Waals surface area (Å²) in [5.41, 5.74) is 0.539. The van der Waals surface area contributed by atoms with Crippen molar-refractivity contribution in [3.8, 4) is 5.75 Å². The van der Waals surface area contributed by atoms with Crippen molar-refractivity contribution < 1.29 is 17.9 Å². The Morgan fingerprint density at radius 1 is 1.14 bits per heavy atom. The average Bonchev–Trinajstić information content (AvgIpc) is 3.00. The fourth-order valence-electron chi connectivity index (χ4n) is 2.66. The van der Waals surface area contributed by atoms with Crippen molar-refractivity contribution in [1.82, 2.24) is 10.3 Å². The largest absolute Gasteiger partial charge is 0.482 e. The van der Waals surface area contributed by atoms with Gasteiger partial charge in [-0.2, -0.15) is 0 Å². The second kappa shape index (κ2) is 6.36. The maximum atomic E-state index is 13.8. The van der Waals surface area contributed by atoms with Crippen molar-refractivity contribution in [2.24, 2.45) is 5.92 Å². The molecular weight excluding hydrogens is 293 g/mol. The fraction of sp³-hybridized carbons (Fsp3) is 0.312. The van der Waals surface area contributed by atoms with Crippen LogP contribution in [0.15, 0.2) is 36.7 Å². The highest BCUT2D eigenvalue weighted by molar-refractivity contribution is 5.27. The van der Waals surface area contributed by atoms with E-state index in [-0.39, 0.29) is 11.7 Å². The van der Waals surface area contributed by atoms with E-state index in [0.717, 1.165) is 31.3 Å². The van der Waals surface area contributed by atoms with Gasteiger partial charge < -0.3 is 10.1 Å². The Kier molecular flexibility index (Phi) is 4.29. The van der Waals surface area contributed by atoms with E-state index in [9.17, 15) is 13.2 Å². The molecule has 3 rings (SSSR count). The first-order chi connectivity index (χ1) is 10.6. The van der Waals surface area contributed by atoms with Crippen molar-refractivity contribution in [2.75, 3.05) is 13.1 Å². The number of halogens is 3. The molecule has 1 N–H and O–H groups in total. The number of aromatic nitrogens is 1. The maximum Gasteiger partial charge on any atom is 0.168 e. The summed E-state index contributed by atoms with van der Waals surface area (Å²) in [5.74, 6) is -1.91. The Balaban J connectivity index is 1.91. The molecule has 1 aromatic carbocycles. The number of benzene rings is 1. The lowest BCUT2D eigenvalue weighted by molar-refractivity contribution is 0.137. The number of ether oxygens (including phenoxy) is 1. The van der Waals surface area contributed by atoms with Crippen LogP contribution in [0.3, 0.4) is 0 Å². The van der Waals surface area contributed by atoms with Crippen molar-refractivity contribution in [3.05, 3.63) is 59.7 Å². The summed E-state index contributed by atoms with van der Waals surface area (Å²) in [4.78, 5) is 3.83. The molecule has 0 amide bonds. The minimum absolute atomic E-state index is 0.0532. The number of rotatable bonds is 4. The van der Waals surface area contributed by atoms with Gasteiger partial charge in [-0.1, -0.05) is 0 Å². The number of pyridine rings is 1. The summed E-state index contributed by atoms with van der Waals surface area (Å²) in [5, 5.41) is 3.20. The molecule has 1 aliphatic rings. The highest BCUT2D eigenvalue weighted by Gasteiger charge is 2.29. The van der Waals surface area contributed by atoms with Gasteiger partial charge in [0, 0.05) is 30.3 Å². The first-order valence-corrected chi connectivity index (χ1v) is 7.06. The van der Waals surface area contributed by atoms with E-state index in [1.807, 2.05) is 0 Å². The molecule has 1 aromatic heterocycles. The molecule has 0 radical (unpaired) electrons. The Morgan fingerprint density at radius 3 is 2.68 bits per heavy atom. The Morgan fingerprint density at radius 2 is 2.00 bits per heavy atom. The van der Waals surface area contributed by atoms with Crippen LogP contribution in [0.4, 0.5) is 13.2 Å². The van der Waals surface area contributed by atoms with E-state index in [1.54, 1.807) is 0 Å². The van der Waals surface area contributed by atoms with Crippen molar-refractivity contribution in [3.63, 3.8) is 0 Å². The number of nitrogens with zero attached hydrogens (tertiary/aromatic N) is 1. The molecular formula is C16H15F3N2O. The lowest BCUT2D eigenvalue weighted by atomic mass is 9.96. The van der Waals surface area contributed by atoms with Crippen molar-refractivity contribution in [1.29, 1.82) is 0 Å². The molecule has 1 aliphatic heterocycles. The van der Waals surface area contributed by atoms with Gasteiger partial charge in [-0.25, -0.2) is 13.2 Å². The van der Waals surface area contributed by atoms with E-state index in [2.05, 4.69) is 10.3 Å². The minimum Gasteiger partial charge on any atom is -0.482 e. The lowest BCUT2D eigenvalue weighted by Gasteiger charge is -2.24. The van der Waals surface area contributed by atoms with Crippen LogP contribution in [0.1, 0.15) is 18.1 Å². The number of hydrogen-bond donors (Lipinski definition) is 1. The second-order valence-corrected chi connectivity index (χ2v) is 5.30. The smallest absolute Gasteiger partial charge is 0.168 e. The maximum absolute atomic E-state index is 13.8. The molecule has 3 nitrogen and oxygen atoms in total. The minimum atomic E-state index is -0.777. The van der Waals surface area contributed by atoms with Gasteiger partial charge in [0.1, 0.15) is 17.7 Å². The molecule has 116 valence electrons. The molecule has 0 spiro atoms. The van der Waals surface area contributed by atoms with Gasteiger partial charge in [-0.3, -0.25) is 4.98 Å². The molecule has 0 bridgehead atoms. The zero-order chi connectivity index (χ0) is 15.5. The first kappa shape index (κ1) is 14.8. The predicted molar refractivity (Wildman–Crippen MR) is 74.9 cm³/mol. The van der Waals surface area contributed by atoms with Crippen molar-refractivity contribution >= 4 is 0 Å². The fourth-order valence-corrected chi connectivity index (χ4v) is 2.66. The standard InChI is InChI=1S/C16H15F3N2O/c17-12-1-2-15(14(19)6-12)22-16(10-3-4-20-7-10)11-5-13(18)9-21-8-11/h1-2,5-6,8-10,16,20H,3-4,7H2/t10-,16+/m0/s1. The zero-order valence-corrected chi connectivity index (χ0v) is 11.7. The Bertz CT molecular complexity index is 660. The summed E-state index contributed by atoms with van der Waals surface area (Å²) >= 11 is 0. The normalized spacial score (nSPS) is 19.1. The lowest BCUT2D eigenvalue weighted by Crippen LogP contribution is -2.22. The molecule has 0 aliphatic carbocycles. The third-order valence-corrected chi connectivity index (χ3v) is 3.73. The van der Waals surface area contributed by atoms with Crippen LogP contribution in [0, 0.1) is 23.4 Å². The van der Waals surface area contributed by atoms with Gasteiger partial charge in [0.25, 0.3) is 0 Å². The average molecular weight is 308 g/mol. The van der Waals surface area contributed by atoms with E-state index < -0.39 is 23.6 Å². The highest BCUT2D eigenvalue weighted by Crippen LogP contribution is 2.33. The Labute approximate surface area is 126 Å². The van der Waals surface area contributed by atoms with Crippen LogP contribution < -0.4 is 10.1 Å². The SMILES string of the molecule is Fc1cncc([C@H](Oc2ccc(F)cc2F)[C@H]2CCNC2)c1. The van der Waals surface area contributed by atoms with Gasteiger partial charge in [-0.05, 0) is 31.2 Å². The van der Waals surface area contributed by atoms with Crippen LogP contribution in [0.5, 0.6) is 5.75 Å². The molecule has 2 heterocycles. The first-order valence-electron chi connectivity index (χ1n) is 7.06. The second-order valence-electron chi connectivity index (χ2n) is 5.30. The van der Waals surface area contributed by atoms with E-state index >= 15 is 0 Å². The van der Waals surface area contributed by atoms with Crippen LogP contribution in [-0.4, -0.2) is 18.1 Å². The molecule has 1 fully saturated rings. The van der Waals surface area contributed by atoms with Crippen LogP contribution in [0.2, 0.25) is 0 Å².